The smallest absolute Gasteiger partial charge is 0.282 e. The fourth-order valence-corrected chi connectivity index (χ4v) is 6.46. The fraction of sp³-hybridized carbons (Fsp3) is 0.727. The Labute approximate surface area is 169 Å². The third-order valence-corrected chi connectivity index (χ3v) is 7.95. The van der Waals surface area contributed by atoms with E-state index in [1.165, 1.54) is 31.4 Å². The summed E-state index contributed by atoms with van der Waals surface area (Å²) in [7, 11) is -3.87. The van der Waals surface area contributed by atoms with E-state index in [4.69, 9.17) is 4.55 Å². The third kappa shape index (κ3) is 10.6. The summed E-state index contributed by atoms with van der Waals surface area (Å²) < 4.78 is 29.6. The molecule has 0 saturated carbocycles. The van der Waals surface area contributed by atoms with Crippen LogP contribution in [-0.2, 0) is 10.1 Å². The van der Waals surface area contributed by atoms with Crippen molar-refractivity contribution in [1.82, 2.24) is 0 Å². The summed E-state index contributed by atoms with van der Waals surface area (Å²) in [6.07, 6.45) is 4.26. The van der Waals surface area contributed by atoms with Crippen LogP contribution in [0.1, 0.15) is 66.4 Å². The van der Waals surface area contributed by atoms with E-state index >= 15 is 0 Å². The molecule has 0 fully saturated rings. The molecule has 0 spiro atoms. The zero-order valence-electron chi connectivity index (χ0n) is 18.8. The highest BCUT2D eigenvalue weighted by Crippen LogP contribution is 2.54. The van der Waals surface area contributed by atoms with Gasteiger partial charge >= 0.3 is 0 Å². The second kappa shape index (κ2) is 11.5. The van der Waals surface area contributed by atoms with Crippen LogP contribution in [0.2, 0.25) is 0 Å². The maximum absolute atomic E-state index is 10.5. The summed E-state index contributed by atoms with van der Waals surface area (Å²) in [5.74, 6) is 2.51. The van der Waals surface area contributed by atoms with Crippen molar-refractivity contribution in [2.75, 3.05) is 13.3 Å². The van der Waals surface area contributed by atoms with Crippen LogP contribution < -0.4 is 0 Å². The molecular formula is C22H41O3PS. The van der Waals surface area contributed by atoms with Crippen LogP contribution in [0.5, 0.6) is 0 Å². The molecule has 1 rings (SSSR count). The SMILES string of the molecule is CC(C)CC(CC(C)C)(CC(C)C)P(C)C.Cc1ccc(S(=O)(=O)O)cc1. The maximum Gasteiger partial charge on any atom is 0.294 e. The Morgan fingerprint density at radius 3 is 1.41 bits per heavy atom. The Hall–Kier alpha value is -0.440. The highest BCUT2D eigenvalue weighted by molar-refractivity contribution is 7.85. The molecule has 0 aliphatic rings. The monoisotopic (exact) mass is 416 g/mol. The molecule has 0 aliphatic carbocycles. The van der Waals surface area contributed by atoms with Crippen molar-refractivity contribution in [2.24, 2.45) is 17.8 Å². The van der Waals surface area contributed by atoms with E-state index in [9.17, 15) is 8.42 Å². The Bertz CT molecular complexity index is 605. The lowest BCUT2D eigenvalue weighted by Gasteiger charge is -2.42. The van der Waals surface area contributed by atoms with Crippen LogP contribution in [0, 0.1) is 24.7 Å². The molecule has 0 saturated heterocycles. The van der Waals surface area contributed by atoms with E-state index in [1.807, 2.05) is 6.92 Å². The van der Waals surface area contributed by atoms with Crippen molar-refractivity contribution in [3.05, 3.63) is 29.8 Å². The molecule has 0 bridgehead atoms. The zero-order valence-corrected chi connectivity index (χ0v) is 20.5. The summed E-state index contributed by atoms with van der Waals surface area (Å²) in [5, 5.41) is 0.631. The molecule has 0 radical (unpaired) electrons. The summed E-state index contributed by atoms with van der Waals surface area (Å²) in [5.41, 5.74) is 0.956. The largest absolute Gasteiger partial charge is 0.294 e. The predicted molar refractivity (Wildman–Crippen MR) is 121 cm³/mol. The van der Waals surface area contributed by atoms with Gasteiger partial charge in [0.15, 0.2) is 0 Å². The van der Waals surface area contributed by atoms with Gasteiger partial charge in [-0.2, -0.15) is 8.42 Å². The topological polar surface area (TPSA) is 54.4 Å². The first-order valence-corrected chi connectivity index (χ1v) is 13.6. The minimum absolute atomic E-state index is 0.0666. The summed E-state index contributed by atoms with van der Waals surface area (Å²) in [4.78, 5) is -0.0666. The van der Waals surface area contributed by atoms with Gasteiger partial charge < -0.3 is 0 Å². The van der Waals surface area contributed by atoms with Gasteiger partial charge in [-0.3, -0.25) is 4.55 Å². The minimum Gasteiger partial charge on any atom is -0.282 e. The first-order chi connectivity index (χ1) is 12.2. The van der Waals surface area contributed by atoms with E-state index in [2.05, 4.69) is 54.9 Å². The lowest BCUT2D eigenvalue weighted by atomic mass is 9.82. The highest BCUT2D eigenvalue weighted by atomic mass is 32.2. The van der Waals surface area contributed by atoms with Crippen molar-refractivity contribution in [2.45, 2.75) is 77.8 Å². The molecular weight excluding hydrogens is 375 g/mol. The average molecular weight is 417 g/mol. The van der Waals surface area contributed by atoms with Crippen LogP contribution in [0.15, 0.2) is 29.2 Å². The predicted octanol–water partition coefficient (Wildman–Crippen LogP) is 6.85. The quantitative estimate of drug-likeness (QED) is 0.372. The number of rotatable bonds is 8. The normalized spacial score (nSPS) is 12.7. The molecule has 0 amide bonds. The Morgan fingerprint density at radius 2 is 1.19 bits per heavy atom. The van der Waals surface area contributed by atoms with Gasteiger partial charge in [-0.1, -0.05) is 59.2 Å². The second-order valence-corrected chi connectivity index (χ2v) is 13.4. The van der Waals surface area contributed by atoms with Gasteiger partial charge in [-0.15, -0.1) is 7.92 Å². The van der Waals surface area contributed by atoms with Gasteiger partial charge in [0.25, 0.3) is 10.1 Å². The van der Waals surface area contributed by atoms with Crippen LogP contribution in [0.3, 0.4) is 0 Å². The first kappa shape index (κ1) is 26.6. The lowest BCUT2D eigenvalue weighted by Crippen LogP contribution is -2.32. The second-order valence-electron chi connectivity index (χ2n) is 9.20. The zero-order chi connectivity index (χ0) is 21.4. The summed E-state index contributed by atoms with van der Waals surface area (Å²) in [6.45, 7) is 21.1. The minimum atomic E-state index is -4.02. The van der Waals surface area contributed by atoms with Gasteiger partial charge in [0.2, 0.25) is 0 Å². The van der Waals surface area contributed by atoms with Gasteiger partial charge in [0.05, 0.1) is 4.90 Å². The Balaban J connectivity index is 0.000000533. The van der Waals surface area contributed by atoms with Crippen LogP contribution in [0.25, 0.3) is 0 Å². The molecule has 158 valence electrons. The van der Waals surface area contributed by atoms with Crippen molar-refractivity contribution in [1.29, 1.82) is 0 Å². The molecule has 0 aromatic heterocycles. The first-order valence-electron chi connectivity index (χ1n) is 9.91. The number of hydrogen-bond donors (Lipinski definition) is 1. The summed E-state index contributed by atoms with van der Waals surface area (Å²) in [6, 6.07) is 5.99. The van der Waals surface area contributed by atoms with Gasteiger partial charge in [-0.25, -0.2) is 0 Å². The van der Waals surface area contributed by atoms with Crippen LogP contribution >= 0.6 is 7.92 Å². The fourth-order valence-electron chi connectivity index (χ4n) is 3.79. The standard InChI is InChI=1S/C15H33P.C7H8O3S/c1-12(2)9-15(16(7)8,10-13(3)4)11-14(5)6;1-6-2-4-7(5-3-6)11(8,9)10/h12-14H,9-11H2,1-8H3;2-5H,1H3,(H,8,9,10). The molecule has 0 aliphatic heterocycles. The number of benzene rings is 1. The van der Waals surface area contributed by atoms with Crippen molar-refractivity contribution in [3.63, 3.8) is 0 Å². The van der Waals surface area contributed by atoms with Gasteiger partial charge in [0, 0.05) is 0 Å². The van der Waals surface area contributed by atoms with E-state index < -0.39 is 10.1 Å². The van der Waals surface area contributed by atoms with Crippen molar-refractivity contribution < 1.29 is 13.0 Å². The Morgan fingerprint density at radius 1 is 0.852 bits per heavy atom. The van der Waals surface area contributed by atoms with E-state index in [0.29, 0.717) is 5.16 Å². The molecule has 1 N–H and O–H groups in total. The maximum atomic E-state index is 10.5. The number of aryl methyl sites for hydroxylation is 1. The van der Waals surface area contributed by atoms with E-state index in [0.717, 1.165) is 23.3 Å². The van der Waals surface area contributed by atoms with Crippen molar-refractivity contribution in [3.8, 4) is 0 Å². The third-order valence-electron chi connectivity index (χ3n) is 4.63. The molecule has 0 heterocycles. The van der Waals surface area contributed by atoms with Crippen LogP contribution in [-0.4, -0.2) is 31.5 Å². The molecule has 27 heavy (non-hydrogen) atoms. The van der Waals surface area contributed by atoms with Crippen molar-refractivity contribution >= 4 is 18.0 Å². The summed E-state index contributed by atoms with van der Waals surface area (Å²) >= 11 is 0. The molecule has 3 nitrogen and oxygen atoms in total. The molecule has 5 heteroatoms. The van der Waals surface area contributed by atoms with E-state index in [-0.39, 0.29) is 12.8 Å². The highest BCUT2D eigenvalue weighted by Gasteiger charge is 2.35. The van der Waals surface area contributed by atoms with Gasteiger partial charge in [-0.05, 0) is 74.6 Å². The van der Waals surface area contributed by atoms with Crippen LogP contribution in [0.4, 0.5) is 0 Å². The van der Waals surface area contributed by atoms with E-state index in [1.54, 1.807) is 12.1 Å². The molecule has 0 atom stereocenters. The Kier molecular flexibility index (Phi) is 11.3. The molecule has 1 aromatic carbocycles. The molecule has 1 aromatic rings. The molecule has 0 unspecified atom stereocenters. The number of hydrogen-bond acceptors (Lipinski definition) is 2. The van der Waals surface area contributed by atoms with Gasteiger partial charge in [0.1, 0.15) is 0 Å². The average Bonchev–Trinajstić information content (AvgIpc) is 2.44. The lowest BCUT2D eigenvalue weighted by molar-refractivity contribution is 0.324.